The van der Waals surface area contributed by atoms with Gasteiger partial charge in [0, 0.05) is 17.0 Å². The summed E-state index contributed by atoms with van der Waals surface area (Å²) in [6, 6.07) is 3.28. The lowest BCUT2D eigenvalue weighted by Crippen LogP contribution is -2.23. The van der Waals surface area contributed by atoms with Crippen molar-refractivity contribution in [2.24, 2.45) is 0 Å². The number of fused-ring (bicyclic) bond motifs is 1. The molecule has 9 heteroatoms. The van der Waals surface area contributed by atoms with E-state index in [2.05, 4.69) is 20.2 Å². The summed E-state index contributed by atoms with van der Waals surface area (Å²) in [5, 5.41) is 7.83. The first-order valence-electron chi connectivity index (χ1n) is 8.67. The highest BCUT2D eigenvalue weighted by Crippen LogP contribution is 2.40. The Bertz CT molecular complexity index is 971. The van der Waals surface area contributed by atoms with Gasteiger partial charge in [-0.25, -0.2) is 0 Å². The molecule has 0 aliphatic heterocycles. The Morgan fingerprint density at radius 3 is 2.64 bits per heavy atom. The van der Waals surface area contributed by atoms with Gasteiger partial charge in [0.1, 0.15) is 11.5 Å². The van der Waals surface area contributed by atoms with Crippen LogP contribution < -0.4 is 15.8 Å². The van der Waals surface area contributed by atoms with Crippen LogP contribution in [-0.2, 0) is 4.74 Å². The zero-order valence-corrected chi connectivity index (χ0v) is 16.0. The molecule has 0 aliphatic carbocycles. The minimum Gasteiger partial charge on any atom is -0.496 e. The van der Waals surface area contributed by atoms with Crippen LogP contribution in [0.2, 0.25) is 0 Å². The largest absolute Gasteiger partial charge is 0.496 e. The smallest absolute Gasteiger partial charge is 0.345 e. The van der Waals surface area contributed by atoms with Crippen LogP contribution in [0, 0.1) is 13.8 Å². The molecule has 7 nitrogen and oxygen atoms in total. The zero-order valence-electron chi connectivity index (χ0n) is 16.0. The van der Waals surface area contributed by atoms with E-state index in [0.717, 1.165) is 16.8 Å². The van der Waals surface area contributed by atoms with Gasteiger partial charge in [-0.2, -0.15) is 8.78 Å². The van der Waals surface area contributed by atoms with Gasteiger partial charge < -0.3 is 25.0 Å². The van der Waals surface area contributed by atoms with Crippen molar-refractivity contribution in [3.05, 3.63) is 29.8 Å². The molecule has 2 heterocycles. The van der Waals surface area contributed by atoms with Crippen LogP contribution in [0.5, 0.6) is 5.75 Å². The van der Waals surface area contributed by atoms with Gasteiger partial charge in [-0.05, 0) is 32.9 Å². The molecule has 1 unspecified atom stereocenters. The van der Waals surface area contributed by atoms with Gasteiger partial charge in [0.25, 0.3) is 0 Å². The third-order valence-electron chi connectivity index (χ3n) is 4.38. The molecule has 0 bridgehead atoms. The average molecular weight is 392 g/mol. The Kier molecular flexibility index (Phi) is 5.64. The monoisotopic (exact) mass is 392 g/mol. The number of nitrogens with one attached hydrogen (secondary N) is 1. The van der Waals surface area contributed by atoms with E-state index < -0.39 is 12.7 Å². The number of alkyl halides is 2. The highest BCUT2D eigenvalue weighted by Gasteiger charge is 2.19. The van der Waals surface area contributed by atoms with Crippen molar-refractivity contribution in [1.82, 2.24) is 10.1 Å². The topological polar surface area (TPSA) is 95.4 Å². The average Bonchev–Trinajstić information content (AvgIpc) is 2.99. The highest BCUT2D eigenvalue weighted by atomic mass is 19.3. The van der Waals surface area contributed by atoms with Crippen LogP contribution in [0.25, 0.3) is 22.0 Å². The number of nitrogens with two attached hydrogens (primary N) is 1. The fourth-order valence-electron chi connectivity index (χ4n) is 3.13. The van der Waals surface area contributed by atoms with Crippen LogP contribution in [0.3, 0.4) is 0 Å². The lowest BCUT2D eigenvalue weighted by Gasteiger charge is -2.19. The van der Waals surface area contributed by atoms with Crippen molar-refractivity contribution in [2.75, 3.05) is 24.8 Å². The normalized spacial score (nSPS) is 12.5. The van der Waals surface area contributed by atoms with Crippen molar-refractivity contribution < 1.29 is 22.8 Å². The van der Waals surface area contributed by atoms with Crippen LogP contribution in [-0.4, -0.2) is 36.5 Å². The number of aryl methyl sites for hydroxylation is 2. The number of aromatic nitrogens is 2. The predicted molar refractivity (Wildman–Crippen MR) is 103 cm³/mol. The van der Waals surface area contributed by atoms with E-state index >= 15 is 0 Å². The van der Waals surface area contributed by atoms with Gasteiger partial charge in [-0.1, -0.05) is 5.16 Å². The maximum atomic E-state index is 12.3. The number of nitrogen functional groups attached to an aromatic ring is 1. The Labute approximate surface area is 160 Å². The number of methoxy groups -OCH3 is 1. The zero-order chi connectivity index (χ0) is 20.4. The summed E-state index contributed by atoms with van der Waals surface area (Å²) >= 11 is 0. The summed E-state index contributed by atoms with van der Waals surface area (Å²) in [5.41, 5.74) is 10.1. The third-order valence-corrected chi connectivity index (χ3v) is 4.38. The quantitative estimate of drug-likeness (QED) is 0.624. The molecule has 0 spiro atoms. The third kappa shape index (κ3) is 3.84. The van der Waals surface area contributed by atoms with Crippen molar-refractivity contribution in [2.45, 2.75) is 33.4 Å². The predicted octanol–water partition coefficient (Wildman–Crippen LogP) is 4.14. The lowest BCUT2D eigenvalue weighted by atomic mass is 10.00. The summed E-state index contributed by atoms with van der Waals surface area (Å²) in [6.07, 6.45) is 1.52. The van der Waals surface area contributed by atoms with Gasteiger partial charge in [0.2, 0.25) is 0 Å². The first kappa shape index (κ1) is 19.8. The minimum atomic E-state index is -2.83. The van der Waals surface area contributed by atoms with Crippen LogP contribution in [0.4, 0.5) is 20.2 Å². The number of halogens is 2. The fourth-order valence-corrected chi connectivity index (χ4v) is 3.13. The van der Waals surface area contributed by atoms with Crippen molar-refractivity contribution in [3.8, 4) is 16.9 Å². The molecule has 0 aliphatic rings. The van der Waals surface area contributed by atoms with Gasteiger partial charge in [0.05, 0.1) is 48.1 Å². The molecule has 3 rings (SSSR count). The molecule has 0 saturated heterocycles. The number of hydrogen-bond donors (Lipinski definition) is 2. The second kappa shape index (κ2) is 7.97. The van der Waals surface area contributed by atoms with Crippen LogP contribution in [0.15, 0.2) is 22.9 Å². The second-order valence-electron chi connectivity index (χ2n) is 6.50. The second-order valence-corrected chi connectivity index (χ2v) is 6.50. The molecule has 1 aromatic carbocycles. The highest BCUT2D eigenvalue weighted by molar-refractivity contribution is 6.00. The maximum Gasteiger partial charge on any atom is 0.345 e. The van der Waals surface area contributed by atoms with Crippen LogP contribution in [0.1, 0.15) is 18.4 Å². The van der Waals surface area contributed by atoms with E-state index in [1.165, 1.54) is 6.20 Å². The van der Waals surface area contributed by atoms with Crippen molar-refractivity contribution >= 4 is 22.3 Å². The Balaban J connectivity index is 2.08. The molecule has 150 valence electrons. The van der Waals surface area contributed by atoms with E-state index in [0.29, 0.717) is 33.8 Å². The molecule has 2 aromatic heterocycles. The summed E-state index contributed by atoms with van der Waals surface area (Å²) in [4.78, 5) is 4.41. The van der Waals surface area contributed by atoms with E-state index in [-0.39, 0.29) is 6.61 Å². The van der Waals surface area contributed by atoms with Gasteiger partial charge in [-0.3, -0.25) is 4.98 Å². The molecule has 1 atom stereocenters. The summed E-state index contributed by atoms with van der Waals surface area (Å²) in [6.45, 7) is 2.41. The first-order valence-corrected chi connectivity index (χ1v) is 8.67. The number of rotatable bonds is 7. The summed E-state index contributed by atoms with van der Waals surface area (Å²) in [7, 11) is 1.56. The van der Waals surface area contributed by atoms with Gasteiger partial charge >= 0.3 is 6.61 Å². The van der Waals surface area contributed by atoms with E-state index in [1.807, 2.05) is 26.0 Å². The maximum absolute atomic E-state index is 12.3. The first-order chi connectivity index (χ1) is 13.3. The molecule has 0 radical (unpaired) electrons. The molecule has 3 aromatic rings. The van der Waals surface area contributed by atoms with E-state index in [9.17, 15) is 8.78 Å². The molecular weight excluding hydrogens is 370 g/mol. The SMILES string of the molecule is COc1cc2c(NC(C)COC(F)F)c(N)cnc2cc1-c1c(C)noc1C. The molecular formula is C19H22F2N4O3. The molecule has 0 saturated carbocycles. The number of benzene rings is 1. The number of ether oxygens (including phenoxy) is 2. The number of pyridine rings is 1. The molecule has 3 N–H and O–H groups in total. The standard InChI is InChI=1S/C19H22F2N4O3/c1-9(8-27-19(20)21)24-18-12-6-16(26-4)13(5-15(12)23-7-14(18)22)17-10(2)25-28-11(17)3/h5-7,9,19H,8,22H2,1-4H3,(H,23,24). The summed E-state index contributed by atoms with van der Waals surface area (Å²) < 4.78 is 39.8. The lowest BCUT2D eigenvalue weighted by molar-refractivity contribution is -0.130. The molecule has 0 fully saturated rings. The van der Waals surface area contributed by atoms with Crippen LogP contribution >= 0.6 is 0 Å². The van der Waals surface area contributed by atoms with Crippen molar-refractivity contribution in [1.29, 1.82) is 0 Å². The summed E-state index contributed by atoms with van der Waals surface area (Å²) in [5.74, 6) is 1.26. The Morgan fingerprint density at radius 2 is 2.04 bits per heavy atom. The number of hydrogen-bond acceptors (Lipinski definition) is 7. The van der Waals surface area contributed by atoms with Gasteiger partial charge in [-0.15, -0.1) is 0 Å². The Morgan fingerprint density at radius 1 is 1.29 bits per heavy atom. The number of anilines is 2. The van der Waals surface area contributed by atoms with Gasteiger partial charge in [0.15, 0.2) is 0 Å². The number of nitrogens with zero attached hydrogens (tertiary/aromatic N) is 2. The minimum absolute atomic E-state index is 0.171. The Hall–Kier alpha value is -2.94. The molecule has 0 amide bonds. The van der Waals surface area contributed by atoms with E-state index in [1.54, 1.807) is 14.0 Å². The fraction of sp³-hybridized carbons (Fsp3) is 0.368. The molecule has 28 heavy (non-hydrogen) atoms. The van der Waals surface area contributed by atoms with E-state index in [4.69, 9.17) is 15.0 Å². The van der Waals surface area contributed by atoms with Crippen molar-refractivity contribution in [3.63, 3.8) is 0 Å².